The highest BCUT2D eigenvalue weighted by molar-refractivity contribution is 9.10. The van der Waals surface area contributed by atoms with Gasteiger partial charge in [-0.3, -0.25) is 0 Å². The number of hydrogen-bond acceptors (Lipinski definition) is 4. The molecule has 4 aromatic rings. The molecule has 0 radical (unpaired) electrons. The molecule has 0 saturated heterocycles. The van der Waals surface area contributed by atoms with Gasteiger partial charge >= 0.3 is 0 Å². The molecule has 0 atom stereocenters. The molecule has 0 aliphatic rings. The van der Waals surface area contributed by atoms with Crippen LogP contribution in [0.5, 0.6) is 0 Å². The molecular formula is C22H19BrClN3S. The van der Waals surface area contributed by atoms with Crippen molar-refractivity contribution in [2.24, 2.45) is 0 Å². The van der Waals surface area contributed by atoms with Crippen LogP contribution in [0.25, 0.3) is 21.3 Å². The Morgan fingerprint density at radius 3 is 2.43 bits per heavy atom. The molecule has 0 aliphatic carbocycles. The van der Waals surface area contributed by atoms with Gasteiger partial charge in [-0.1, -0.05) is 58.4 Å². The molecule has 0 fully saturated rings. The largest absolute Gasteiger partial charge is 0.349 e. The zero-order valence-electron chi connectivity index (χ0n) is 15.6. The summed E-state index contributed by atoms with van der Waals surface area (Å²) in [5, 5.41) is 3.48. The molecule has 3 nitrogen and oxygen atoms in total. The maximum atomic E-state index is 6.30. The number of thiophene rings is 1. The summed E-state index contributed by atoms with van der Waals surface area (Å²) in [5.74, 6) is 0.882. The van der Waals surface area contributed by atoms with Gasteiger partial charge < -0.3 is 4.90 Å². The van der Waals surface area contributed by atoms with Crippen molar-refractivity contribution in [3.63, 3.8) is 0 Å². The van der Waals surface area contributed by atoms with E-state index in [1.54, 1.807) is 11.3 Å². The van der Waals surface area contributed by atoms with Crippen molar-refractivity contribution in [2.45, 2.75) is 26.4 Å². The minimum atomic E-state index is 0.257. The second-order valence-corrected chi connectivity index (χ2v) is 8.97. The summed E-state index contributed by atoms with van der Waals surface area (Å²) in [6.07, 6.45) is 0. The number of rotatable bonds is 5. The number of halogens is 2. The van der Waals surface area contributed by atoms with Crippen molar-refractivity contribution in [3.8, 4) is 11.1 Å². The predicted octanol–water partition coefficient (Wildman–Crippen LogP) is 7.19. The van der Waals surface area contributed by atoms with Crippen LogP contribution in [-0.2, 0) is 6.54 Å². The third-order valence-electron chi connectivity index (χ3n) is 4.63. The summed E-state index contributed by atoms with van der Waals surface area (Å²) in [5.41, 5.74) is 3.52. The van der Waals surface area contributed by atoms with Crippen molar-refractivity contribution < 1.29 is 0 Å². The third kappa shape index (κ3) is 3.93. The number of aromatic nitrogens is 2. The van der Waals surface area contributed by atoms with Crippen LogP contribution < -0.4 is 4.90 Å². The molecule has 0 saturated carbocycles. The molecule has 0 aliphatic heterocycles. The number of anilines is 1. The maximum Gasteiger partial charge on any atom is 0.225 e. The normalized spacial score (nSPS) is 11.3. The van der Waals surface area contributed by atoms with Crippen LogP contribution in [0.15, 0.2) is 64.5 Å². The Balaban J connectivity index is 1.88. The lowest BCUT2D eigenvalue weighted by Crippen LogP contribution is -2.31. The van der Waals surface area contributed by atoms with Crippen LogP contribution in [0.4, 0.5) is 5.82 Å². The van der Waals surface area contributed by atoms with E-state index in [9.17, 15) is 0 Å². The van der Waals surface area contributed by atoms with Crippen molar-refractivity contribution in [2.75, 3.05) is 4.90 Å². The summed E-state index contributed by atoms with van der Waals surface area (Å²) in [4.78, 5) is 12.4. The Kier molecular flexibility index (Phi) is 5.67. The number of hydrogen-bond donors (Lipinski definition) is 0. The average Bonchev–Trinajstić information content (AvgIpc) is 3.10. The molecule has 142 valence electrons. The smallest absolute Gasteiger partial charge is 0.225 e. The second-order valence-electron chi connectivity index (χ2n) is 6.86. The van der Waals surface area contributed by atoms with E-state index < -0.39 is 0 Å². The third-order valence-corrected chi connectivity index (χ3v) is 6.20. The fourth-order valence-corrected chi connectivity index (χ4v) is 4.65. The van der Waals surface area contributed by atoms with Gasteiger partial charge in [-0.2, -0.15) is 4.98 Å². The first kappa shape index (κ1) is 19.4. The van der Waals surface area contributed by atoms with Gasteiger partial charge in [-0.15, -0.1) is 11.3 Å². The highest BCUT2D eigenvalue weighted by atomic mass is 79.9. The standard InChI is InChI=1S/C22H19BrClN3S/c1-14(2)27(12-15-6-4-3-5-7-15)20-19-18(16-8-10-17(23)11-9-16)13-28-21(19)26-22(24)25-20/h3-11,13-14H,12H2,1-2H3. The average molecular weight is 473 g/mol. The first-order chi connectivity index (χ1) is 13.5. The van der Waals surface area contributed by atoms with E-state index in [4.69, 9.17) is 11.6 Å². The van der Waals surface area contributed by atoms with E-state index in [1.807, 2.05) is 6.07 Å². The summed E-state index contributed by atoms with van der Waals surface area (Å²) >= 11 is 11.4. The van der Waals surface area contributed by atoms with Crippen LogP contribution in [0.2, 0.25) is 5.28 Å². The predicted molar refractivity (Wildman–Crippen MR) is 123 cm³/mol. The second kappa shape index (κ2) is 8.19. The fourth-order valence-electron chi connectivity index (χ4n) is 3.23. The van der Waals surface area contributed by atoms with E-state index in [-0.39, 0.29) is 11.3 Å². The van der Waals surface area contributed by atoms with Gasteiger partial charge in [0.15, 0.2) is 0 Å². The molecule has 0 amide bonds. The molecule has 2 aromatic heterocycles. The van der Waals surface area contributed by atoms with Gasteiger partial charge in [-0.25, -0.2) is 4.98 Å². The Bertz CT molecular complexity index is 1090. The van der Waals surface area contributed by atoms with E-state index in [0.717, 1.165) is 38.2 Å². The first-order valence-corrected chi connectivity index (χ1v) is 11.1. The Morgan fingerprint density at radius 1 is 1.04 bits per heavy atom. The summed E-state index contributed by atoms with van der Waals surface area (Å²) in [6, 6.07) is 19.0. The van der Waals surface area contributed by atoms with Crippen LogP contribution >= 0.6 is 38.9 Å². The summed E-state index contributed by atoms with van der Waals surface area (Å²) in [6.45, 7) is 5.11. The molecule has 0 unspecified atom stereocenters. The Hall–Kier alpha value is -1.95. The quantitative estimate of drug-likeness (QED) is 0.288. The minimum Gasteiger partial charge on any atom is -0.349 e. The van der Waals surface area contributed by atoms with Crippen LogP contribution in [-0.4, -0.2) is 16.0 Å². The zero-order valence-corrected chi connectivity index (χ0v) is 18.7. The molecule has 0 bridgehead atoms. The summed E-state index contributed by atoms with van der Waals surface area (Å²) in [7, 11) is 0. The van der Waals surface area contributed by atoms with E-state index in [0.29, 0.717) is 0 Å². The first-order valence-electron chi connectivity index (χ1n) is 9.04. The Labute approximate surface area is 182 Å². The van der Waals surface area contributed by atoms with Gasteiger partial charge in [0.1, 0.15) is 10.6 Å². The van der Waals surface area contributed by atoms with Crippen molar-refractivity contribution in [1.82, 2.24) is 9.97 Å². The lowest BCUT2D eigenvalue weighted by Gasteiger charge is -2.29. The molecule has 2 heterocycles. The maximum absolute atomic E-state index is 6.30. The molecule has 0 spiro atoms. The molecule has 6 heteroatoms. The van der Waals surface area contributed by atoms with E-state index >= 15 is 0 Å². The number of fused-ring (bicyclic) bond motifs is 1. The Morgan fingerprint density at radius 2 is 1.75 bits per heavy atom. The van der Waals surface area contributed by atoms with Crippen molar-refractivity contribution >= 4 is 54.9 Å². The topological polar surface area (TPSA) is 29.0 Å². The molecule has 2 aromatic carbocycles. The van der Waals surface area contributed by atoms with Gasteiger partial charge in [0.2, 0.25) is 5.28 Å². The number of nitrogens with zero attached hydrogens (tertiary/aromatic N) is 3. The van der Waals surface area contributed by atoms with Crippen molar-refractivity contribution in [3.05, 3.63) is 75.3 Å². The van der Waals surface area contributed by atoms with Crippen LogP contribution in [0, 0.1) is 0 Å². The number of benzene rings is 2. The highest BCUT2D eigenvalue weighted by Crippen LogP contribution is 2.40. The zero-order chi connectivity index (χ0) is 19.7. The lowest BCUT2D eigenvalue weighted by atomic mass is 10.1. The van der Waals surface area contributed by atoms with Gasteiger partial charge in [-0.05, 0) is 48.7 Å². The van der Waals surface area contributed by atoms with Gasteiger partial charge in [0.05, 0.1) is 5.39 Å². The SMILES string of the molecule is CC(C)N(Cc1ccccc1)c1nc(Cl)nc2scc(-c3ccc(Br)cc3)c12. The minimum absolute atomic E-state index is 0.257. The molecule has 28 heavy (non-hydrogen) atoms. The van der Waals surface area contributed by atoms with E-state index in [2.05, 4.69) is 98.6 Å². The summed E-state index contributed by atoms with van der Waals surface area (Å²) < 4.78 is 1.06. The lowest BCUT2D eigenvalue weighted by molar-refractivity contribution is 0.675. The van der Waals surface area contributed by atoms with Gasteiger partial charge in [0.25, 0.3) is 0 Å². The molecule has 4 rings (SSSR count). The highest BCUT2D eigenvalue weighted by Gasteiger charge is 2.21. The van der Waals surface area contributed by atoms with Crippen LogP contribution in [0.1, 0.15) is 19.4 Å². The van der Waals surface area contributed by atoms with Crippen LogP contribution in [0.3, 0.4) is 0 Å². The van der Waals surface area contributed by atoms with E-state index in [1.165, 1.54) is 5.56 Å². The monoisotopic (exact) mass is 471 g/mol. The van der Waals surface area contributed by atoms with Crippen molar-refractivity contribution in [1.29, 1.82) is 0 Å². The van der Waals surface area contributed by atoms with Gasteiger partial charge in [0, 0.05) is 28.0 Å². The molecular weight excluding hydrogens is 454 g/mol. The fraction of sp³-hybridized carbons (Fsp3) is 0.182. The molecule has 0 N–H and O–H groups in total.